The molecule has 0 atom stereocenters. The van der Waals surface area contributed by atoms with Crippen molar-refractivity contribution in [3.8, 4) is 11.5 Å². The molecule has 9 heteroatoms. The molecule has 3 aromatic rings. The van der Waals surface area contributed by atoms with Gasteiger partial charge in [0.2, 0.25) is 11.6 Å². The molecule has 156 valence electrons. The predicted octanol–water partition coefficient (Wildman–Crippen LogP) is 5.01. The van der Waals surface area contributed by atoms with Gasteiger partial charge in [-0.2, -0.15) is 0 Å². The average molecular weight is 409 g/mol. The van der Waals surface area contributed by atoms with Crippen LogP contribution in [0.25, 0.3) is 0 Å². The first kappa shape index (κ1) is 20.8. The minimum atomic E-state index is -0.528. The van der Waals surface area contributed by atoms with E-state index in [-0.39, 0.29) is 17.3 Å². The van der Waals surface area contributed by atoms with E-state index in [1.165, 1.54) is 26.1 Å². The summed E-state index contributed by atoms with van der Waals surface area (Å²) in [7, 11) is 3.04. The van der Waals surface area contributed by atoms with Crippen molar-refractivity contribution >= 4 is 28.7 Å². The molecule has 2 N–H and O–H groups in total. The zero-order valence-corrected chi connectivity index (χ0v) is 17.2. The fourth-order valence-electron chi connectivity index (χ4n) is 2.86. The van der Waals surface area contributed by atoms with Crippen molar-refractivity contribution in [2.24, 2.45) is 0 Å². The molecule has 0 spiro atoms. The second-order valence-electron chi connectivity index (χ2n) is 6.77. The monoisotopic (exact) mass is 409 g/mol. The van der Waals surface area contributed by atoms with E-state index in [4.69, 9.17) is 9.47 Å². The minimum absolute atomic E-state index is 0.0304. The number of aromatic nitrogens is 2. The molecule has 0 saturated carbocycles. The zero-order chi connectivity index (χ0) is 21.7. The van der Waals surface area contributed by atoms with E-state index >= 15 is 0 Å². The van der Waals surface area contributed by atoms with E-state index in [2.05, 4.69) is 34.4 Å². The molecule has 0 aliphatic heterocycles. The molecule has 30 heavy (non-hydrogen) atoms. The van der Waals surface area contributed by atoms with Crippen molar-refractivity contribution in [3.63, 3.8) is 0 Å². The molecule has 0 amide bonds. The summed E-state index contributed by atoms with van der Waals surface area (Å²) in [5.41, 5.74) is 2.05. The molecule has 0 unspecified atom stereocenters. The van der Waals surface area contributed by atoms with Crippen LogP contribution in [-0.2, 0) is 0 Å². The third-order valence-corrected chi connectivity index (χ3v) is 4.50. The van der Waals surface area contributed by atoms with Gasteiger partial charge in [-0.05, 0) is 35.7 Å². The summed E-state index contributed by atoms with van der Waals surface area (Å²) in [5, 5.41) is 17.8. The van der Waals surface area contributed by atoms with E-state index in [1.807, 2.05) is 24.3 Å². The van der Waals surface area contributed by atoms with E-state index in [1.54, 1.807) is 18.2 Å². The van der Waals surface area contributed by atoms with Crippen molar-refractivity contribution in [3.05, 3.63) is 64.5 Å². The van der Waals surface area contributed by atoms with Gasteiger partial charge in [-0.3, -0.25) is 10.1 Å². The Morgan fingerprint density at radius 1 is 0.967 bits per heavy atom. The summed E-state index contributed by atoms with van der Waals surface area (Å²) in [4.78, 5) is 19.4. The molecule has 0 aliphatic rings. The molecule has 0 fully saturated rings. The predicted molar refractivity (Wildman–Crippen MR) is 115 cm³/mol. The fraction of sp³-hybridized carbons (Fsp3) is 0.238. The Kier molecular flexibility index (Phi) is 6.31. The van der Waals surface area contributed by atoms with Crippen LogP contribution in [0.5, 0.6) is 11.5 Å². The van der Waals surface area contributed by atoms with Gasteiger partial charge in [-0.25, -0.2) is 9.97 Å². The van der Waals surface area contributed by atoms with E-state index < -0.39 is 4.92 Å². The summed E-state index contributed by atoms with van der Waals surface area (Å²) >= 11 is 0. The number of nitro groups is 1. The lowest BCUT2D eigenvalue weighted by molar-refractivity contribution is -0.383. The Morgan fingerprint density at radius 2 is 1.63 bits per heavy atom. The first-order chi connectivity index (χ1) is 14.4. The van der Waals surface area contributed by atoms with Crippen LogP contribution in [0.15, 0.2) is 48.8 Å². The van der Waals surface area contributed by atoms with Gasteiger partial charge in [0, 0.05) is 11.8 Å². The van der Waals surface area contributed by atoms with Gasteiger partial charge < -0.3 is 20.1 Å². The molecule has 3 rings (SSSR count). The number of hydrogen-bond acceptors (Lipinski definition) is 8. The summed E-state index contributed by atoms with van der Waals surface area (Å²) in [6.07, 6.45) is 1.26. The first-order valence-corrected chi connectivity index (χ1v) is 9.28. The molecule has 9 nitrogen and oxygen atoms in total. The largest absolute Gasteiger partial charge is 0.497 e. The SMILES string of the molecule is COc1ccc(OC)c(Nc2ncnc(Nc3ccc(C(C)C)cc3)c2[N+](=O)[O-])c1. The van der Waals surface area contributed by atoms with E-state index in [0.717, 1.165) is 0 Å². The van der Waals surface area contributed by atoms with Crippen LogP contribution < -0.4 is 20.1 Å². The summed E-state index contributed by atoms with van der Waals surface area (Å²) in [6, 6.07) is 12.8. The maximum absolute atomic E-state index is 11.8. The van der Waals surface area contributed by atoms with Crippen molar-refractivity contribution in [2.75, 3.05) is 24.9 Å². The number of hydrogen-bond donors (Lipinski definition) is 2. The topological polar surface area (TPSA) is 111 Å². The standard InChI is InChI=1S/C21H23N5O4/c1-13(2)14-5-7-15(8-6-14)24-20-19(26(27)28)21(23-12-22-20)25-17-11-16(29-3)9-10-18(17)30-4/h5-13H,1-4H3,(H2,22,23,24,25). The number of rotatable bonds is 8. The van der Waals surface area contributed by atoms with Gasteiger partial charge in [0.05, 0.1) is 24.8 Å². The summed E-state index contributed by atoms with van der Waals surface area (Å²) < 4.78 is 10.6. The van der Waals surface area contributed by atoms with Crippen molar-refractivity contribution < 1.29 is 14.4 Å². The lowest BCUT2D eigenvalue weighted by Gasteiger charge is -2.13. The molecule has 0 aliphatic carbocycles. The molecular formula is C21H23N5O4. The lowest BCUT2D eigenvalue weighted by Crippen LogP contribution is -2.06. The Hall–Kier alpha value is -3.88. The second kappa shape index (κ2) is 9.08. The van der Waals surface area contributed by atoms with Crippen LogP contribution in [0.4, 0.5) is 28.7 Å². The number of nitrogens with zero attached hydrogens (tertiary/aromatic N) is 3. The van der Waals surface area contributed by atoms with Crippen molar-refractivity contribution in [2.45, 2.75) is 19.8 Å². The highest BCUT2D eigenvalue weighted by Crippen LogP contribution is 2.37. The third-order valence-electron chi connectivity index (χ3n) is 4.50. The van der Waals surface area contributed by atoms with E-state index in [9.17, 15) is 10.1 Å². The molecule has 2 aromatic carbocycles. The number of methoxy groups -OCH3 is 2. The van der Waals surface area contributed by atoms with Gasteiger partial charge in [-0.15, -0.1) is 0 Å². The normalized spacial score (nSPS) is 10.6. The number of benzene rings is 2. The number of nitrogens with one attached hydrogen (secondary N) is 2. The van der Waals surface area contributed by atoms with Gasteiger partial charge >= 0.3 is 5.69 Å². The highest BCUT2D eigenvalue weighted by Gasteiger charge is 2.24. The molecule has 0 saturated heterocycles. The number of anilines is 4. The Labute approximate surface area is 174 Å². The van der Waals surface area contributed by atoms with Crippen LogP contribution in [0, 0.1) is 10.1 Å². The van der Waals surface area contributed by atoms with Crippen LogP contribution in [0.2, 0.25) is 0 Å². The van der Waals surface area contributed by atoms with Crippen LogP contribution in [-0.4, -0.2) is 29.1 Å². The molecular weight excluding hydrogens is 386 g/mol. The quantitative estimate of drug-likeness (QED) is 0.394. The van der Waals surface area contributed by atoms with E-state index in [0.29, 0.717) is 28.8 Å². The molecule has 1 aromatic heterocycles. The van der Waals surface area contributed by atoms with Gasteiger partial charge in [0.15, 0.2) is 0 Å². The molecule has 0 bridgehead atoms. The summed E-state index contributed by atoms with van der Waals surface area (Å²) in [5.74, 6) is 1.56. The maximum Gasteiger partial charge on any atom is 0.353 e. The molecule has 1 heterocycles. The lowest BCUT2D eigenvalue weighted by atomic mass is 10.0. The average Bonchev–Trinajstić information content (AvgIpc) is 2.74. The first-order valence-electron chi connectivity index (χ1n) is 9.28. The Morgan fingerprint density at radius 3 is 2.20 bits per heavy atom. The minimum Gasteiger partial charge on any atom is -0.497 e. The maximum atomic E-state index is 11.8. The summed E-state index contributed by atoms with van der Waals surface area (Å²) in [6.45, 7) is 4.20. The second-order valence-corrected chi connectivity index (χ2v) is 6.77. The van der Waals surface area contributed by atoms with Gasteiger partial charge in [0.1, 0.15) is 17.8 Å². The Bertz CT molecular complexity index is 1040. The smallest absolute Gasteiger partial charge is 0.353 e. The third kappa shape index (κ3) is 4.57. The zero-order valence-electron chi connectivity index (χ0n) is 17.2. The fourth-order valence-corrected chi connectivity index (χ4v) is 2.86. The molecule has 0 radical (unpaired) electrons. The Balaban J connectivity index is 1.96. The van der Waals surface area contributed by atoms with Crippen LogP contribution >= 0.6 is 0 Å². The highest BCUT2D eigenvalue weighted by molar-refractivity contribution is 5.78. The highest BCUT2D eigenvalue weighted by atomic mass is 16.6. The van der Waals surface area contributed by atoms with Crippen LogP contribution in [0.3, 0.4) is 0 Å². The van der Waals surface area contributed by atoms with Crippen molar-refractivity contribution in [1.82, 2.24) is 9.97 Å². The van der Waals surface area contributed by atoms with Gasteiger partial charge in [0.25, 0.3) is 0 Å². The van der Waals surface area contributed by atoms with Crippen molar-refractivity contribution in [1.29, 1.82) is 0 Å². The number of ether oxygens (including phenoxy) is 2. The van der Waals surface area contributed by atoms with Crippen LogP contribution in [0.1, 0.15) is 25.3 Å². The van der Waals surface area contributed by atoms with Gasteiger partial charge in [-0.1, -0.05) is 26.0 Å².